The number of halogens is 1. The van der Waals surface area contributed by atoms with Crippen LogP contribution in [0.15, 0.2) is 23.3 Å². The van der Waals surface area contributed by atoms with Crippen LogP contribution in [-0.4, -0.2) is 15.6 Å². The number of carbonyl (C=O) groups excluding carboxylic acids is 1. The third kappa shape index (κ3) is 1.88. The van der Waals surface area contributed by atoms with E-state index in [4.69, 9.17) is 0 Å². The summed E-state index contributed by atoms with van der Waals surface area (Å²) in [6.07, 6.45) is 2.91. The number of rotatable bonds is 3. The van der Waals surface area contributed by atoms with Gasteiger partial charge in [0.1, 0.15) is 5.69 Å². The lowest BCUT2D eigenvalue weighted by Gasteiger charge is -2.08. The van der Waals surface area contributed by atoms with Gasteiger partial charge in [-0.2, -0.15) is 5.10 Å². The normalized spacial score (nSPS) is 10.5. The Hall–Kier alpha value is -0.900. The Bertz CT molecular complexity index is 341. The first-order chi connectivity index (χ1) is 6.07. The van der Waals surface area contributed by atoms with Crippen molar-refractivity contribution < 1.29 is 4.79 Å². The van der Waals surface area contributed by atoms with E-state index in [2.05, 4.69) is 27.6 Å². The van der Waals surface area contributed by atoms with E-state index in [1.54, 1.807) is 10.9 Å². The van der Waals surface area contributed by atoms with Crippen LogP contribution in [0.1, 0.15) is 30.4 Å². The molecule has 0 aliphatic heterocycles. The van der Waals surface area contributed by atoms with Crippen molar-refractivity contribution >= 4 is 21.7 Å². The van der Waals surface area contributed by atoms with E-state index in [9.17, 15) is 4.79 Å². The monoisotopic (exact) mass is 242 g/mol. The van der Waals surface area contributed by atoms with Crippen molar-refractivity contribution in [2.45, 2.75) is 19.9 Å². The molecule has 70 valence electrons. The molecular formula is C9H11BrN2O. The van der Waals surface area contributed by atoms with Gasteiger partial charge in [0.25, 0.3) is 0 Å². The zero-order valence-electron chi connectivity index (χ0n) is 7.62. The topological polar surface area (TPSA) is 34.9 Å². The Morgan fingerprint density at radius 2 is 2.38 bits per heavy atom. The molecule has 0 radical (unpaired) electrons. The van der Waals surface area contributed by atoms with Crippen molar-refractivity contribution in [3.63, 3.8) is 0 Å². The highest BCUT2D eigenvalue weighted by Crippen LogP contribution is 2.20. The molecule has 0 aliphatic carbocycles. The van der Waals surface area contributed by atoms with Crippen molar-refractivity contribution in [3.05, 3.63) is 29.0 Å². The fraction of sp³-hybridized carbons (Fsp3) is 0.333. The molecule has 1 heterocycles. The SMILES string of the molecule is C=CC(=O)c1c(Br)cnn1C(C)C. The fourth-order valence-corrected chi connectivity index (χ4v) is 1.53. The summed E-state index contributed by atoms with van der Waals surface area (Å²) >= 11 is 3.27. The zero-order chi connectivity index (χ0) is 10.0. The maximum atomic E-state index is 11.4. The number of aromatic nitrogens is 2. The lowest BCUT2D eigenvalue weighted by Crippen LogP contribution is -2.11. The van der Waals surface area contributed by atoms with Crippen LogP contribution in [0.4, 0.5) is 0 Å². The molecule has 4 heteroatoms. The molecule has 0 aliphatic rings. The third-order valence-electron chi connectivity index (χ3n) is 1.66. The largest absolute Gasteiger partial charge is 0.288 e. The van der Waals surface area contributed by atoms with E-state index in [-0.39, 0.29) is 11.8 Å². The van der Waals surface area contributed by atoms with Crippen LogP contribution >= 0.6 is 15.9 Å². The summed E-state index contributed by atoms with van der Waals surface area (Å²) in [5.41, 5.74) is 0.560. The van der Waals surface area contributed by atoms with Crippen LogP contribution in [-0.2, 0) is 0 Å². The summed E-state index contributed by atoms with van der Waals surface area (Å²) in [7, 11) is 0. The highest BCUT2D eigenvalue weighted by molar-refractivity contribution is 9.10. The number of nitrogens with zero attached hydrogens (tertiary/aromatic N) is 2. The van der Waals surface area contributed by atoms with E-state index in [0.29, 0.717) is 10.2 Å². The van der Waals surface area contributed by atoms with Crippen LogP contribution in [0, 0.1) is 0 Å². The summed E-state index contributed by atoms with van der Waals surface area (Å²) in [5.74, 6) is -0.113. The average molecular weight is 243 g/mol. The lowest BCUT2D eigenvalue weighted by molar-refractivity contribution is 0.103. The molecule has 0 saturated carbocycles. The van der Waals surface area contributed by atoms with Gasteiger partial charge in [0.2, 0.25) is 5.78 Å². The molecule has 13 heavy (non-hydrogen) atoms. The van der Waals surface area contributed by atoms with Gasteiger partial charge in [-0.1, -0.05) is 6.58 Å². The Kier molecular flexibility index (Phi) is 3.03. The summed E-state index contributed by atoms with van der Waals surface area (Å²) in [6.45, 7) is 7.39. The van der Waals surface area contributed by atoms with Gasteiger partial charge in [0.15, 0.2) is 0 Å². The van der Waals surface area contributed by atoms with Crippen LogP contribution in [0.3, 0.4) is 0 Å². The Morgan fingerprint density at radius 3 is 2.85 bits per heavy atom. The maximum Gasteiger partial charge on any atom is 0.204 e. The summed E-state index contributed by atoms with van der Waals surface area (Å²) < 4.78 is 2.39. The van der Waals surface area contributed by atoms with Gasteiger partial charge < -0.3 is 0 Å². The van der Waals surface area contributed by atoms with Crippen LogP contribution in [0.25, 0.3) is 0 Å². The Labute approximate surface area is 85.6 Å². The zero-order valence-corrected chi connectivity index (χ0v) is 9.21. The third-order valence-corrected chi connectivity index (χ3v) is 2.24. The first-order valence-electron chi connectivity index (χ1n) is 3.97. The van der Waals surface area contributed by atoms with Gasteiger partial charge in [-0.25, -0.2) is 0 Å². The smallest absolute Gasteiger partial charge is 0.204 e. The second kappa shape index (κ2) is 3.87. The van der Waals surface area contributed by atoms with Crippen molar-refractivity contribution in [1.29, 1.82) is 0 Å². The van der Waals surface area contributed by atoms with Gasteiger partial charge in [0, 0.05) is 6.04 Å². The van der Waals surface area contributed by atoms with Gasteiger partial charge in [-0.05, 0) is 35.9 Å². The van der Waals surface area contributed by atoms with Crippen LogP contribution in [0.2, 0.25) is 0 Å². The number of hydrogen-bond acceptors (Lipinski definition) is 2. The number of carbonyl (C=O) groups is 1. The Balaban J connectivity index is 3.23. The molecule has 3 nitrogen and oxygen atoms in total. The summed E-state index contributed by atoms with van der Waals surface area (Å²) in [5, 5.41) is 4.09. The minimum Gasteiger partial charge on any atom is -0.288 e. The highest BCUT2D eigenvalue weighted by Gasteiger charge is 2.15. The number of ketones is 1. The molecule has 0 N–H and O–H groups in total. The first kappa shape index (κ1) is 10.2. The van der Waals surface area contributed by atoms with Gasteiger partial charge in [-0.15, -0.1) is 0 Å². The van der Waals surface area contributed by atoms with E-state index in [1.165, 1.54) is 6.08 Å². The average Bonchev–Trinajstić information content (AvgIpc) is 2.46. The minimum atomic E-state index is -0.113. The van der Waals surface area contributed by atoms with Crippen LogP contribution < -0.4 is 0 Å². The van der Waals surface area contributed by atoms with Crippen molar-refractivity contribution in [2.75, 3.05) is 0 Å². The molecule has 1 aromatic heterocycles. The molecule has 0 amide bonds. The van der Waals surface area contributed by atoms with E-state index >= 15 is 0 Å². The molecule has 0 aromatic carbocycles. The molecule has 0 unspecified atom stereocenters. The number of allylic oxidation sites excluding steroid dienone is 1. The quantitative estimate of drug-likeness (QED) is 0.604. The van der Waals surface area contributed by atoms with Crippen molar-refractivity contribution in [3.8, 4) is 0 Å². The van der Waals surface area contributed by atoms with E-state index in [0.717, 1.165) is 0 Å². The molecule has 1 aromatic rings. The number of hydrogen-bond donors (Lipinski definition) is 0. The fourth-order valence-electron chi connectivity index (χ4n) is 1.06. The summed E-state index contributed by atoms with van der Waals surface area (Å²) in [6, 6.07) is 0.171. The Morgan fingerprint density at radius 1 is 1.77 bits per heavy atom. The lowest BCUT2D eigenvalue weighted by atomic mass is 10.2. The molecule has 0 atom stereocenters. The summed E-state index contributed by atoms with van der Waals surface area (Å²) in [4.78, 5) is 11.4. The van der Waals surface area contributed by atoms with Gasteiger partial charge >= 0.3 is 0 Å². The molecule has 0 bridgehead atoms. The molecule has 0 saturated heterocycles. The van der Waals surface area contributed by atoms with Crippen molar-refractivity contribution in [1.82, 2.24) is 9.78 Å². The van der Waals surface area contributed by atoms with Gasteiger partial charge in [0.05, 0.1) is 10.7 Å². The second-order valence-electron chi connectivity index (χ2n) is 2.95. The molecular weight excluding hydrogens is 232 g/mol. The molecule has 0 fully saturated rings. The van der Waals surface area contributed by atoms with Crippen molar-refractivity contribution in [2.24, 2.45) is 0 Å². The van der Waals surface area contributed by atoms with E-state index in [1.807, 2.05) is 13.8 Å². The first-order valence-corrected chi connectivity index (χ1v) is 4.77. The highest BCUT2D eigenvalue weighted by atomic mass is 79.9. The predicted molar refractivity (Wildman–Crippen MR) is 54.8 cm³/mol. The van der Waals surface area contributed by atoms with E-state index < -0.39 is 0 Å². The van der Waals surface area contributed by atoms with Crippen LogP contribution in [0.5, 0.6) is 0 Å². The second-order valence-corrected chi connectivity index (χ2v) is 3.80. The standard InChI is InChI=1S/C9H11BrN2O/c1-4-8(13)9-7(10)5-11-12(9)6(2)3/h4-6H,1H2,2-3H3. The predicted octanol–water partition coefficient (Wildman–Crippen LogP) is 2.60. The van der Waals surface area contributed by atoms with Gasteiger partial charge in [-0.3, -0.25) is 9.48 Å². The minimum absolute atomic E-state index is 0.113. The molecule has 0 spiro atoms. The maximum absolute atomic E-state index is 11.4. The molecule has 1 rings (SSSR count).